The molecule has 1 aromatic rings. The Morgan fingerprint density at radius 1 is 1.50 bits per heavy atom. The standard InChI is InChI=1S/C13H19ClN2/c1-10-3-4-12(13(14)7-10)9-16-6-5-15-8-11(16)2/h3-4,7,11,15H,5-6,8-9H2,1-2H3/t11-/m0/s1. The molecule has 0 saturated carbocycles. The number of hydrogen-bond acceptors (Lipinski definition) is 2. The summed E-state index contributed by atoms with van der Waals surface area (Å²) in [6, 6.07) is 6.91. The summed E-state index contributed by atoms with van der Waals surface area (Å²) in [7, 11) is 0. The van der Waals surface area contributed by atoms with Crippen molar-refractivity contribution in [2.45, 2.75) is 26.4 Å². The van der Waals surface area contributed by atoms with E-state index in [1.807, 2.05) is 6.07 Å². The Bertz CT molecular complexity index is 365. The predicted octanol–water partition coefficient (Wildman–Crippen LogP) is 2.44. The highest BCUT2D eigenvalue weighted by Gasteiger charge is 2.18. The summed E-state index contributed by atoms with van der Waals surface area (Å²) in [5.41, 5.74) is 2.46. The zero-order valence-corrected chi connectivity index (χ0v) is 10.7. The third kappa shape index (κ3) is 2.76. The molecular formula is C13H19ClN2. The molecule has 0 radical (unpaired) electrons. The van der Waals surface area contributed by atoms with Crippen molar-refractivity contribution in [1.29, 1.82) is 0 Å². The first kappa shape index (κ1) is 11.9. The minimum absolute atomic E-state index is 0.589. The van der Waals surface area contributed by atoms with Gasteiger partial charge in [0.15, 0.2) is 0 Å². The smallest absolute Gasteiger partial charge is 0.0453 e. The first-order chi connectivity index (χ1) is 7.66. The van der Waals surface area contributed by atoms with Gasteiger partial charge in [0.25, 0.3) is 0 Å². The van der Waals surface area contributed by atoms with E-state index in [1.165, 1.54) is 11.1 Å². The summed E-state index contributed by atoms with van der Waals surface area (Å²) >= 11 is 6.25. The Labute approximate surface area is 103 Å². The summed E-state index contributed by atoms with van der Waals surface area (Å²) < 4.78 is 0. The van der Waals surface area contributed by atoms with E-state index in [1.54, 1.807) is 0 Å². The van der Waals surface area contributed by atoms with E-state index in [0.29, 0.717) is 6.04 Å². The van der Waals surface area contributed by atoms with Crippen LogP contribution in [-0.2, 0) is 6.54 Å². The molecule has 0 spiro atoms. The Hall–Kier alpha value is -0.570. The van der Waals surface area contributed by atoms with Crippen LogP contribution in [0.25, 0.3) is 0 Å². The van der Waals surface area contributed by atoms with Crippen molar-refractivity contribution in [2.75, 3.05) is 19.6 Å². The fourth-order valence-corrected chi connectivity index (χ4v) is 2.41. The van der Waals surface area contributed by atoms with Gasteiger partial charge in [-0.1, -0.05) is 23.7 Å². The van der Waals surface area contributed by atoms with Gasteiger partial charge >= 0.3 is 0 Å². The van der Waals surface area contributed by atoms with Gasteiger partial charge in [-0.15, -0.1) is 0 Å². The zero-order chi connectivity index (χ0) is 11.5. The van der Waals surface area contributed by atoms with Gasteiger partial charge < -0.3 is 5.32 Å². The lowest BCUT2D eigenvalue weighted by Gasteiger charge is -2.34. The zero-order valence-electron chi connectivity index (χ0n) is 9.96. The van der Waals surface area contributed by atoms with E-state index >= 15 is 0 Å². The molecule has 1 atom stereocenters. The number of nitrogens with one attached hydrogen (secondary N) is 1. The van der Waals surface area contributed by atoms with Gasteiger partial charge in [0, 0.05) is 37.2 Å². The third-order valence-corrected chi connectivity index (χ3v) is 3.57. The lowest BCUT2D eigenvalue weighted by Crippen LogP contribution is -2.49. The van der Waals surface area contributed by atoms with Crippen LogP contribution in [0.2, 0.25) is 5.02 Å². The van der Waals surface area contributed by atoms with Gasteiger partial charge in [0.1, 0.15) is 0 Å². The molecule has 1 N–H and O–H groups in total. The van der Waals surface area contributed by atoms with Crippen LogP contribution in [-0.4, -0.2) is 30.6 Å². The summed E-state index contributed by atoms with van der Waals surface area (Å²) in [5, 5.41) is 4.29. The maximum absolute atomic E-state index is 6.25. The van der Waals surface area contributed by atoms with Crippen molar-refractivity contribution < 1.29 is 0 Å². The average molecular weight is 239 g/mol. The number of rotatable bonds is 2. The minimum atomic E-state index is 0.589. The molecule has 16 heavy (non-hydrogen) atoms. The van der Waals surface area contributed by atoms with E-state index < -0.39 is 0 Å². The number of nitrogens with zero attached hydrogens (tertiary/aromatic N) is 1. The molecule has 0 amide bonds. The van der Waals surface area contributed by atoms with Crippen molar-refractivity contribution in [2.24, 2.45) is 0 Å². The molecule has 2 nitrogen and oxygen atoms in total. The molecule has 0 bridgehead atoms. The van der Waals surface area contributed by atoms with Crippen molar-refractivity contribution in [3.63, 3.8) is 0 Å². The molecule has 1 aliphatic rings. The summed E-state index contributed by atoms with van der Waals surface area (Å²) in [6.45, 7) is 8.54. The average Bonchev–Trinajstić information content (AvgIpc) is 2.25. The normalized spacial score (nSPS) is 22.3. The van der Waals surface area contributed by atoms with Crippen molar-refractivity contribution in [1.82, 2.24) is 10.2 Å². The van der Waals surface area contributed by atoms with E-state index in [4.69, 9.17) is 11.6 Å². The molecule has 88 valence electrons. The minimum Gasteiger partial charge on any atom is -0.314 e. The summed E-state index contributed by atoms with van der Waals surface area (Å²) in [6.07, 6.45) is 0. The van der Waals surface area contributed by atoms with Crippen LogP contribution in [0.15, 0.2) is 18.2 Å². The van der Waals surface area contributed by atoms with Gasteiger partial charge in [-0.3, -0.25) is 4.90 Å². The number of piperazine rings is 1. The Kier molecular flexibility index (Phi) is 3.85. The fourth-order valence-electron chi connectivity index (χ4n) is 2.12. The first-order valence-electron chi connectivity index (χ1n) is 5.86. The number of hydrogen-bond donors (Lipinski definition) is 1. The van der Waals surface area contributed by atoms with Crippen LogP contribution in [0, 0.1) is 6.92 Å². The van der Waals surface area contributed by atoms with Crippen LogP contribution < -0.4 is 5.32 Å². The molecule has 2 rings (SSSR count). The highest BCUT2D eigenvalue weighted by molar-refractivity contribution is 6.31. The molecular weight excluding hydrogens is 220 g/mol. The maximum Gasteiger partial charge on any atom is 0.0453 e. The second kappa shape index (κ2) is 5.17. The van der Waals surface area contributed by atoms with E-state index in [9.17, 15) is 0 Å². The van der Waals surface area contributed by atoms with Crippen LogP contribution >= 0.6 is 11.6 Å². The summed E-state index contributed by atoms with van der Waals surface area (Å²) in [5.74, 6) is 0. The van der Waals surface area contributed by atoms with Crippen LogP contribution in [0.1, 0.15) is 18.1 Å². The first-order valence-corrected chi connectivity index (χ1v) is 6.24. The molecule has 1 heterocycles. The van der Waals surface area contributed by atoms with Crippen LogP contribution in [0.5, 0.6) is 0 Å². The largest absolute Gasteiger partial charge is 0.314 e. The molecule has 0 aliphatic carbocycles. The van der Waals surface area contributed by atoms with Gasteiger partial charge in [-0.2, -0.15) is 0 Å². The lowest BCUT2D eigenvalue weighted by atomic mass is 10.1. The van der Waals surface area contributed by atoms with Crippen molar-refractivity contribution >= 4 is 11.6 Å². The van der Waals surface area contributed by atoms with Gasteiger partial charge in [-0.05, 0) is 31.0 Å². The topological polar surface area (TPSA) is 15.3 Å². The van der Waals surface area contributed by atoms with Crippen molar-refractivity contribution in [3.8, 4) is 0 Å². The highest BCUT2D eigenvalue weighted by Crippen LogP contribution is 2.20. The third-order valence-electron chi connectivity index (χ3n) is 3.22. The number of aryl methyl sites for hydroxylation is 1. The van der Waals surface area contributed by atoms with E-state index in [0.717, 1.165) is 31.2 Å². The van der Waals surface area contributed by atoms with Crippen LogP contribution in [0.3, 0.4) is 0 Å². The molecule has 1 saturated heterocycles. The molecule has 1 aromatic carbocycles. The lowest BCUT2D eigenvalue weighted by molar-refractivity contribution is 0.165. The SMILES string of the molecule is Cc1ccc(CN2CCNC[C@@H]2C)c(Cl)c1. The van der Waals surface area contributed by atoms with Gasteiger partial charge in [0.05, 0.1) is 0 Å². The predicted molar refractivity (Wildman–Crippen MR) is 68.9 cm³/mol. The van der Waals surface area contributed by atoms with Crippen molar-refractivity contribution in [3.05, 3.63) is 34.3 Å². The molecule has 0 unspecified atom stereocenters. The monoisotopic (exact) mass is 238 g/mol. The van der Waals surface area contributed by atoms with E-state index in [-0.39, 0.29) is 0 Å². The molecule has 0 aromatic heterocycles. The Morgan fingerprint density at radius 2 is 2.31 bits per heavy atom. The quantitative estimate of drug-likeness (QED) is 0.852. The van der Waals surface area contributed by atoms with Gasteiger partial charge in [0.2, 0.25) is 0 Å². The fraction of sp³-hybridized carbons (Fsp3) is 0.538. The number of halogens is 1. The highest BCUT2D eigenvalue weighted by atomic mass is 35.5. The molecule has 3 heteroatoms. The Morgan fingerprint density at radius 3 is 3.00 bits per heavy atom. The van der Waals surface area contributed by atoms with Gasteiger partial charge in [-0.25, -0.2) is 0 Å². The van der Waals surface area contributed by atoms with E-state index in [2.05, 4.69) is 36.2 Å². The van der Waals surface area contributed by atoms with Crippen LogP contribution in [0.4, 0.5) is 0 Å². The second-order valence-electron chi connectivity index (χ2n) is 4.62. The maximum atomic E-state index is 6.25. The molecule has 1 aliphatic heterocycles. The number of benzene rings is 1. The second-order valence-corrected chi connectivity index (χ2v) is 5.03. The molecule has 1 fully saturated rings. The summed E-state index contributed by atoms with van der Waals surface area (Å²) in [4.78, 5) is 2.48. The Balaban J connectivity index is 2.07.